The number of hydrogen-bond donors (Lipinski definition) is 4. The molecule has 8 nitrogen and oxygen atoms in total. The summed E-state index contributed by atoms with van der Waals surface area (Å²) in [5.74, 6) is -2.08. The number of cyclic esters (lactones) is 1. The molecule has 1 aromatic rings. The Morgan fingerprint density at radius 3 is 2.57 bits per heavy atom. The zero-order valence-corrected chi connectivity index (χ0v) is 15.6. The van der Waals surface area contributed by atoms with Crippen molar-refractivity contribution in [1.29, 1.82) is 0 Å². The molecule has 3 rings (SSSR count). The molecule has 1 fully saturated rings. The molecule has 28 heavy (non-hydrogen) atoms. The molecule has 0 saturated carbocycles. The van der Waals surface area contributed by atoms with E-state index in [0.717, 1.165) is 0 Å². The topological polar surface area (TPSA) is 137 Å². The summed E-state index contributed by atoms with van der Waals surface area (Å²) >= 11 is 0. The second kappa shape index (κ2) is 8.00. The molecule has 2 heterocycles. The Morgan fingerprint density at radius 1 is 1.18 bits per heavy atom. The SMILES string of the molecule is C[C@@H]1OC(=O)c2c(O)cc(CO)cc2[C@H]2OC2C[C@H](O)[C@H](O)C(=O)/C=C\[C@@H]1C. The van der Waals surface area contributed by atoms with Crippen molar-refractivity contribution in [1.82, 2.24) is 0 Å². The van der Waals surface area contributed by atoms with E-state index in [1.54, 1.807) is 13.8 Å². The largest absolute Gasteiger partial charge is 0.507 e. The van der Waals surface area contributed by atoms with Gasteiger partial charge in [-0.2, -0.15) is 0 Å². The quantitative estimate of drug-likeness (QED) is 0.406. The average Bonchev–Trinajstić information content (AvgIpc) is 3.42. The van der Waals surface area contributed by atoms with Gasteiger partial charge in [0.05, 0.1) is 18.8 Å². The predicted molar refractivity (Wildman–Crippen MR) is 96.5 cm³/mol. The Morgan fingerprint density at radius 2 is 1.89 bits per heavy atom. The molecule has 0 radical (unpaired) electrons. The minimum Gasteiger partial charge on any atom is -0.507 e. The normalized spacial score (nSPS) is 34.6. The van der Waals surface area contributed by atoms with E-state index in [-0.39, 0.29) is 30.3 Å². The Hall–Kier alpha value is -2.26. The molecule has 4 N–H and O–H groups in total. The molecule has 0 spiro atoms. The Bertz CT molecular complexity index is 802. The van der Waals surface area contributed by atoms with Crippen LogP contribution in [0.15, 0.2) is 24.3 Å². The molecule has 8 heteroatoms. The van der Waals surface area contributed by atoms with E-state index in [0.29, 0.717) is 11.1 Å². The third kappa shape index (κ3) is 4.10. The molecule has 6 atom stereocenters. The third-order valence-electron chi connectivity index (χ3n) is 5.21. The highest BCUT2D eigenvalue weighted by Crippen LogP contribution is 2.45. The summed E-state index contributed by atoms with van der Waals surface area (Å²) in [6.45, 7) is 3.02. The molecule has 2 aliphatic heterocycles. The van der Waals surface area contributed by atoms with Gasteiger partial charge in [0.15, 0.2) is 5.78 Å². The van der Waals surface area contributed by atoms with Crippen LogP contribution in [0.5, 0.6) is 5.75 Å². The number of ether oxygens (including phenoxy) is 2. The van der Waals surface area contributed by atoms with E-state index >= 15 is 0 Å². The van der Waals surface area contributed by atoms with Crippen molar-refractivity contribution in [3.8, 4) is 5.75 Å². The number of rotatable bonds is 1. The molecule has 1 unspecified atom stereocenters. The van der Waals surface area contributed by atoms with Crippen molar-refractivity contribution < 1.29 is 39.5 Å². The summed E-state index contributed by atoms with van der Waals surface area (Å²) in [4.78, 5) is 24.8. The van der Waals surface area contributed by atoms with Crippen molar-refractivity contribution in [3.05, 3.63) is 41.0 Å². The summed E-state index contributed by atoms with van der Waals surface area (Å²) in [5.41, 5.74) is 0.662. The summed E-state index contributed by atoms with van der Waals surface area (Å²) < 4.78 is 11.0. The number of benzene rings is 1. The zero-order chi connectivity index (χ0) is 20.6. The maximum absolute atomic E-state index is 12.7. The number of aliphatic hydroxyl groups excluding tert-OH is 3. The van der Waals surface area contributed by atoms with Crippen LogP contribution >= 0.6 is 0 Å². The molecule has 152 valence electrons. The Labute approximate surface area is 162 Å². The zero-order valence-electron chi connectivity index (χ0n) is 15.6. The number of carbonyl (C=O) groups is 2. The first-order valence-corrected chi connectivity index (χ1v) is 9.14. The van der Waals surface area contributed by atoms with Gasteiger partial charge in [-0.1, -0.05) is 13.0 Å². The number of aromatic hydroxyl groups is 1. The molecule has 1 aromatic carbocycles. The second-order valence-corrected chi connectivity index (χ2v) is 7.31. The minimum absolute atomic E-state index is 0.0318. The number of hydrogen-bond acceptors (Lipinski definition) is 8. The molecular formula is C20H24O8. The first kappa shape index (κ1) is 20.5. The van der Waals surface area contributed by atoms with Gasteiger partial charge in [0.1, 0.15) is 29.6 Å². The van der Waals surface area contributed by atoms with E-state index in [1.807, 2.05) is 0 Å². The lowest BCUT2D eigenvalue weighted by Gasteiger charge is -2.20. The lowest BCUT2D eigenvalue weighted by Crippen LogP contribution is -2.34. The number of phenolic OH excluding ortho intramolecular Hbond substituents is 1. The number of ketones is 1. The Kier molecular flexibility index (Phi) is 5.85. The molecule has 0 aliphatic carbocycles. The van der Waals surface area contributed by atoms with Crippen LogP contribution in [0.1, 0.15) is 47.9 Å². The van der Waals surface area contributed by atoms with Crippen LogP contribution in [0.3, 0.4) is 0 Å². The van der Waals surface area contributed by atoms with E-state index in [2.05, 4.69) is 0 Å². The van der Waals surface area contributed by atoms with Crippen LogP contribution in [0.4, 0.5) is 0 Å². The van der Waals surface area contributed by atoms with Gasteiger partial charge in [0.2, 0.25) is 0 Å². The van der Waals surface area contributed by atoms with Gasteiger partial charge in [0, 0.05) is 17.9 Å². The predicted octanol–water partition coefficient (Wildman–Crippen LogP) is 0.757. The first-order valence-electron chi connectivity index (χ1n) is 9.14. The minimum atomic E-state index is -1.59. The summed E-state index contributed by atoms with van der Waals surface area (Å²) in [5, 5.41) is 40.0. The van der Waals surface area contributed by atoms with Crippen LogP contribution < -0.4 is 0 Å². The maximum Gasteiger partial charge on any atom is 0.342 e. The van der Waals surface area contributed by atoms with Crippen molar-refractivity contribution in [2.24, 2.45) is 5.92 Å². The molecule has 0 bridgehead atoms. The van der Waals surface area contributed by atoms with Crippen LogP contribution in [0, 0.1) is 5.92 Å². The molecule has 1 saturated heterocycles. The highest BCUT2D eigenvalue weighted by atomic mass is 16.6. The number of epoxide rings is 1. The van der Waals surface area contributed by atoms with Crippen molar-refractivity contribution in [2.45, 2.75) is 57.4 Å². The lowest BCUT2D eigenvalue weighted by atomic mass is 9.95. The fourth-order valence-corrected chi connectivity index (χ4v) is 3.24. The van der Waals surface area contributed by atoms with Crippen molar-refractivity contribution >= 4 is 11.8 Å². The molecule has 0 amide bonds. The van der Waals surface area contributed by atoms with Gasteiger partial charge in [-0.05, 0) is 30.7 Å². The smallest absolute Gasteiger partial charge is 0.342 e. The standard InChI is InChI=1S/C20H24O8/c1-9-3-4-13(22)18(25)15(24)7-16-19(28-16)12-5-11(8-21)6-14(23)17(12)20(26)27-10(9)2/h3-6,9-10,15-16,18-19,21,23-25H,7-8H2,1-2H3/b4-3-/t9-,10-,15-,16?,18+,19+/m0/s1. The number of esters is 1. The van der Waals surface area contributed by atoms with Crippen molar-refractivity contribution in [3.63, 3.8) is 0 Å². The maximum atomic E-state index is 12.7. The lowest BCUT2D eigenvalue weighted by molar-refractivity contribution is -0.128. The first-order chi connectivity index (χ1) is 13.2. The van der Waals surface area contributed by atoms with Crippen LogP contribution in [-0.2, 0) is 20.9 Å². The summed E-state index contributed by atoms with van der Waals surface area (Å²) in [6, 6.07) is 2.82. The van der Waals surface area contributed by atoms with E-state index in [1.165, 1.54) is 24.3 Å². The average molecular weight is 392 g/mol. The van der Waals surface area contributed by atoms with E-state index < -0.39 is 42.3 Å². The number of fused-ring (bicyclic) bond motifs is 3. The van der Waals surface area contributed by atoms with Crippen LogP contribution in [0.2, 0.25) is 0 Å². The fraction of sp³-hybridized carbons (Fsp3) is 0.500. The highest BCUT2D eigenvalue weighted by molar-refractivity contribution is 5.95. The highest BCUT2D eigenvalue weighted by Gasteiger charge is 2.45. The molecular weight excluding hydrogens is 368 g/mol. The van der Waals surface area contributed by atoms with Gasteiger partial charge >= 0.3 is 5.97 Å². The monoisotopic (exact) mass is 392 g/mol. The van der Waals surface area contributed by atoms with Gasteiger partial charge in [-0.3, -0.25) is 4.79 Å². The third-order valence-corrected chi connectivity index (χ3v) is 5.21. The van der Waals surface area contributed by atoms with E-state index in [9.17, 15) is 30.0 Å². The Balaban J connectivity index is 2.01. The molecule has 2 aliphatic rings. The van der Waals surface area contributed by atoms with Crippen molar-refractivity contribution in [2.75, 3.05) is 0 Å². The summed E-state index contributed by atoms with van der Waals surface area (Å²) in [6.07, 6.45) is -2.12. The second-order valence-electron chi connectivity index (χ2n) is 7.31. The molecule has 0 aromatic heterocycles. The van der Waals surface area contributed by atoms with Gasteiger partial charge in [0.25, 0.3) is 0 Å². The van der Waals surface area contributed by atoms with Crippen LogP contribution in [0.25, 0.3) is 0 Å². The number of phenols is 1. The van der Waals surface area contributed by atoms with E-state index in [4.69, 9.17) is 9.47 Å². The fourth-order valence-electron chi connectivity index (χ4n) is 3.24. The van der Waals surface area contributed by atoms with Gasteiger partial charge < -0.3 is 29.9 Å². The van der Waals surface area contributed by atoms with Gasteiger partial charge in [-0.25, -0.2) is 4.79 Å². The number of carbonyl (C=O) groups excluding carboxylic acids is 2. The van der Waals surface area contributed by atoms with Gasteiger partial charge in [-0.15, -0.1) is 0 Å². The number of aliphatic hydroxyl groups is 3. The summed E-state index contributed by atoms with van der Waals surface area (Å²) in [7, 11) is 0. The van der Waals surface area contributed by atoms with Crippen LogP contribution in [-0.4, -0.2) is 56.6 Å².